The van der Waals surface area contributed by atoms with Gasteiger partial charge >= 0.3 is 0 Å². The van der Waals surface area contributed by atoms with Gasteiger partial charge in [0.25, 0.3) is 5.69 Å². The molecule has 0 saturated heterocycles. The van der Waals surface area contributed by atoms with Crippen LogP contribution in [-0.2, 0) is 4.79 Å². The van der Waals surface area contributed by atoms with Crippen LogP contribution in [0.4, 0.5) is 5.69 Å². The fraction of sp³-hybridized carbons (Fsp3) is 0.300. The van der Waals surface area contributed by atoms with E-state index in [1.54, 1.807) is 12.1 Å². The molecule has 2 N–H and O–H groups in total. The summed E-state index contributed by atoms with van der Waals surface area (Å²) < 4.78 is 0. The summed E-state index contributed by atoms with van der Waals surface area (Å²) in [7, 11) is 0. The number of nitrogens with zero attached hydrogens (tertiary/aromatic N) is 1. The van der Waals surface area contributed by atoms with Crippen LogP contribution in [0.2, 0.25) is 0 Å². The standard InChI is InChI=1S/C10H12N2O3/c1-7(5-10(11)13)8-3-2-4-9(6-8)12(14)15/h2-4,6-7H,5H2,1H3,(H2,11,13)/t7-/m1/s1. The van der Waals surface area contributed by atoms with Crippen LogP contribution in [0, 0.1) is 10.1 Å². The summed E-state index contributed by atoms with van der Waals surface area (Å²) in [6.07, 6.45) is 0.196. The van der Waals surface area contributed by atoms with Crippen molar-refractivity contribution < 1.29 is 9.72 Å². The van der Waals surface area contributed by atoms with Crippen molar-refractivity contribution in [2.24, 2.45) is 5.73 Å². The van der Waals surface area contributed by atoms with Crippen LogP contribution in [0.25, 0.3) is 0 Å². The van der Waals surface area contributed by atoms with Gasteiger partial charge < -0.3 is 5.73 Å². The van der Waals surface area contributed by atoms with E-state index < -0.39 is 10.8 Å². The zero-order valence-corrected chi connectivity index (χ0v) is 8.34. The smallest absolute Gasteiger partial charge is 0.269 e. The number of carbonyl (C=O) groups is 1. The number of primary amides is 1. The normalized spacial score (nSPS) is 12.1. The first-order chi connectivity index (χ1) is 7.00. The van der Waals surface area contributed by atoms with Gasteiger partial charge in [0.15, 0.2) is 0 Å². The Balaban J connectivity index is 2.89. The average molecular weight is 208 g/mol. The molecule has 1 aromatic rings. The van der Waals surface area contributed by atoms with Crippen LogP contribution >= 0.6 is 0 Å². The highest BCUT2D eigenvalue weighted by Crippen LogP contribution is 2.22. The van der Waals surface area contributed by atoms with E-state index in [0.717, 1.165) is 5.56 Å². The van der Waals surface area contributed by atoms with E-state index in [-0.39, 0.29) is 18.0 Å². The van der Waals surface area contributed by atoms with Crippen molar-refractivity contribution in [1.29, 1.82) is 0 Å². The highest BCUT2D eigenvalue weighted by molar-refractivity contribution is 5.74. The van der Waals surface area contributed by atoms with Crippen molar-refractivity contribution in [1.82, 2.24) is 0 Å². The molecular formula is C10H12N2O3. The number of nitrogens with two attached hydrogens (primary N) is 1. The molecule has 80 valence electrons. The molecule has 1 atom stereocenters. The Morgan fingerprint density at radius 2 is 2.27 bits per heavy atom. The van der Waals surface area contributed by atoms with E-state index in [1.807, 2.05) is 6.92 Å². The van der Waals surface area contributed by atoms with E-state index in [4.69, 9.17) is 5.73 Å². The predicted octanol–water partition coefficient (Wildman–Crippen LogP) is 1.57. The van der Waals surface area contributed by atoms with E-state index >= 15 is 0 Å². The van der Waals surface area contributed by atoms with Gasteiger partial charge in [0.05, 0.1) is 4.92 Å². The number of non-ortho nitro benzene ring substituents is 1. The number of carbonyl (C=O) groups excluding carboxylic acids is 1. The van der Waals surface area contributed by atoms with Crippen LogP contribution in [0.5, 0.6) is 0 Å². The van der Waals surface area contributed by atoms with Crippen molar-refractivity contribution in [2.75, 3.05) is 0 Å². The fourth-order valence-corrected chi connectivity index (χ4v) is 1.36. The molecule has 0 aromatic heterocycles. The molecule has 1 rings (SSSR count). The minimum Gasteiger partial charge on any atom is -0.370 e. The molecule has 0 aliphatic carbocycles. The average Bonchev–Trinajstić information content (AvgIpc) is 2.17. The Bertz CT molecular complexity index is 390. The lowest BCUT2D eigenvalue weighted by molar-refractivity contribution is -0.384. The van der Waals surface area contributed by atoms with Crippen LogP contribution in [0.1, 0.15) is 24.8 Å². The molecule has 0 spiro atoms. The van der Waals surface area contributed by atoms with Crippen molar-refractivity contribution in [3.05, 3.63) is 39.9 Å². The minimum atomic E-state index is -0.458. The second-order valence-electron chi connectivity index (χ2n) is 3.42. The van der Waals surface area contributed by atoms with E-state index in [9.17, 15) is 14.9 Å². The van der Waals surface area contributed by atoms with Crippen LogP contribution < -0.4 is 5.73 Å². The lowest BCUT2D eigenvalue weighted by atomic mass is 9.97. The number of nitro benzene ring substituents is 1. The van der Waals surface area contributed by atoms with Gasteiger partial charge in [-0.05, 0) is 11.5 Å². The van der Waals surface area contributed by atoms with E-state index in [1.165, 1.54) is 12.1 Å². The van der Waals surface area contributed by atoms with Gasteiger partial charge in [0.2, 0.25) is 5.91 Å². The van der Waals surface area contributed by atoms with Gasteiger partial charge in [-0.3, -0.25) is 14.9 Å². The molecule has 0 aliphatic rings. The summed E-state index contributed by atoms with van der Waals surface area (Å²) in [5.41, 5.74) is 5.84. The first kappa shape index (κ1) is 11.2. The van der Waals surface area contributed by atoms with Crippen molar-refractivity contribution >= 4 is 11.6 Å². The number of hydrogen-bond donors (Lipinski definition) is 1. The summed E-state index contributed by atoms with van der Waals surface area (Å²) in [5.74, 6) is -0.503. The lowest BCUT2D eigenvalue weighted by Crippen LogP contribution is -2.13. The Hall–Kier alpha value is -1.91. The summed E-state index contributed by atoms with van der Waals surface area (Å²) in [6.45, 7) is 1.81. The number of rotatable bonds is 4. The van der Waals surface area contributed by atoms with Crippen molar-refractivity contribution in [3.8, 4) is 0 Å². The Kier molecular flexibility index (Phi) is 3.38. The fourth-order valence-electron chi connectivity index (χ4n) is 1.36. The lowest BCUT2D eigenvalue weighted by Gasteiger charge is -2.08. The van der Waals surface area contributed by atoms with Crippen molar-refractivity contribution in [3.63, 3.8) is 0 Å². The Labute approximate surface area is 87.0 Å². The largest absolute Gasteiger partial charge is 0.370 e. The summed E-state index contributed by atoms with van der Waals surface area (Å²) in [4.78, 5) is 20.7. The van der Waals surface area contributed by atoms with Gasteiger partial charge in [-0.1, -0.05) is 19.1 Å². The number of benzene rings is 1. The summed E-state index contributed by atoms with van der Waals surface area (Å²) in [5, 5.41) is 10.5. The van der Waals surface area contributed by atoms with Gasteiger partial charge in [0, 0.05) is 18.6 Å². The molecule has 0 aliphatic heterocycles. The minimum absolute atomic E-state index is 0.0313. The van der Waals surface area contributed by atoms with Gasteiger partial charge in [0.1, 0.15) is 0 Å². The third-order valence-electron chi connectivity index (χ3n) is 2.16. The molecule has 0 heterocycles. The maximum atomic E-state index is 10.7. The molecular weight excluding hydrogens is 196 g/mol. The molecule has 5 heteroatoms. The first-order valence-corrected chi connectivity index (χ1v) is 4.53. The SMILES string of the molecule is C[C@H](CC(N)=O)c1cccc([N+](=O)[O-])c1. The second-order valence-corrected chi connectivity index (χ2v) is 3.42. The van der Waals surface area contributed by atoms with Gasteiger partial charge in [-0.15, -0.1) is 0 Å². The molecule has 5 nitrogen and oxygen atoms in total. The highest BCUT2D eigenvalue weighted by atomic mass is 16.6. The van der Waals surface area contributed by atoms with Crippen LogP contribution in [-0.4, -0.2) is 10.8 Å². The molecule has 1 aromatic carbocycles. The second kappa shape index (κ2) is 4.54. The van der Waals surface area contributed by atoms with E-state index in [0.29, 0.717) is 0 Å². The Morgan fingerprint density at radius 1 is 1.60 bits per heavy atom. The first-order valence-electron chi connectivity index (χ1n) is 4.53. The maximum absolute atomic E-state index is 10.7. The molecule has 0 unspecified atom stereocenters. The number of hydrogen-bond acceptors (Lipinski definition) is 3. The molecule has 0 saturated carbocycles. The highest BCUT2D eigenvalue weighted by Gasteiger charge is 2.12. The van der Waals surface area contributed by atoms with Crippen LogP contribution in [0.15, 0.2) is 24.3 Å². The monoisotopic (exact) mass is 208 g/mol. The summed E-state index contributed by atoms with van der Waals surface area (Å²) >= 11 is 0. The van der Waals surface area contributed by atoms with Gasteiger partial charge in [-0.2, -0.15) is 0 Å². The molecule has 1 amide bonds. The zero-order chi connectivity index (χ0) is 11.4. The maximum Gasteiger partial charge on any atom is 0.269 e. The van der Waals surface area contributed by atoms with Crippen molar-refractivity contribution in [2.45, 2.75) is 19.3 Å². The van der Waals surface area contributed by atoms with Crippen LogP contribution in [0.3, 0.4) is 0 Å². The predicted molar refractivity (Wildman–Crippen MR) is 55.3 cm³/mol. The van der Waals surface area contributed by atoms with E-state index in [2.05, 4.69) is 0 Å². The third kappa shape index (κ3) is 3.05. The topological polar surface area (TPSA) is 86.2 Å². The third-order valence-corrected chi connectivity index (χ3v) is 2.16. The zero-order valence-electron chi connectivity index (χ0n) is 8.34. The molecule has 0 bridgehead atoms. The molecule has 0 radical (unpaired) electrons. The van der Waals surface area contributed by atoms with Gasteiger partial charge in [-0.25, -0.2) is 0 Å². The number of nitro groups is 1. The Morgan fingerprint density at radius 3 is 2.80 bits per heavy atom. The number of amides is 1. The molecule has 0 fully saturated rings. The summed E-state index contributed by atoms with van der Waals surface area (Å²) in [6, 6.07) is 6.24. The molecule has 15 heavy (non-hydrogen) atoms. The quantitative estimate of drug-likeness (QED) is 0.601.